The molecule has 0 amide bonds. The number of hydrogen-bond acceptors (Lipinski definition) is 1. The number of unbranched alkanes of at least 4 members (excludes halogenated alkanes) is 3. The van der Waals surface area contributed by atoms with Crippen molar-refractivity contribution in [3.8, 4) is 0 Å². The summed E-state index contributed by atoms with van der Waals surface area (Å²) in [5, 5.41) is 0. The first-order valence-corrected chi connectivity index (χ1v) is 19.8. The molecule has 234 valence electrons. The second-order valence-corrected chi connectivity index (χ2v) is 18.4. The molecule has 2 atom stereocenters. The zero-order chi connectivity index (χ0) is 30.5. The van der Waals surface area contributed by atoms with Crippen molar-refractivity contribution in [1.29, 1.82) is 0 Å². The molecule has 0 fully saturated rings. The van der Waals surface area contributed by atoms with E-state index in [2.05, 4.69) is 126 Å². The van der Waals surface area contributed by atoms with Gasteiger partial charge in [0.2, 0.25) is 6.33 Å². The zero-order valence-electron chi connectivity index (χ0n) is 29.0. The molecule has 1 heterocycles. The lowest BCUT2D eigenvalue weighted by molar-refractivity contribution is -0.693. The molecule has 2 aromatic rings. The summed E-state index contributed by atoms with van der Waals surface area (Å²) in [5.41, 5.74) is 3.24. The minimum Gasteiger partial charge on any atom is -0.298 e. The fourth-order valence-corrected chi connectivity index (χ4v) is 12.3. The van der Waals surface area contributed by atoms with Crippen molar-refractivity contribution >= 4 is 7.26 Å². The molecule has 0 bridgehead atoms. The average molecular weight is 586 g/mol. The molecule has 0 saturated heterocycles. The molecule has 3 nitrogen and oxygen atoms in total. The summed E-state index contributed by atoms with van der Waals surface area (Å²) in [4.78, 5) is 2.65. The van der Waals surface area contributed by atoms with Crippen LogP contribution in [0.5, 0.6) is 0 Å². The predicted octanol–water partition coefficient (Wildman–Crippen LogP) is 10.4. The van der Waals surface area contributed by atoms with Crippen LogP contribution in [0.3, 0.4) is 0 Å². The van der Waals surface area contributed by atoms with Gasteiger partial charge < -0.3 is 0 Å². The Morgan fingerprint density at radius 2 is 1.41 bits per heavy atom. The van der Waals surface area contributed by atoms with Crippen LogP contribution in [0, 0.1) is 11.3 Å². The monoisotopic (exact) mass is 586 g/mol. The van der Waals surface area contributed by atoms with Crippen LogP contribution >= 0.6 is 7.26 Å². The van der Waals surface area contributed by atoms with E-state index in [-0.39, 0.29) is 5.41 Å². The Hall–Kier alpha value is -1.18. The van der Waals surface area contributed by atoms with E-state index in [1.165, 1.54) is 81.6 Å². The Morgan fingerprint density at radius 1 is 0.854 bits per heavy atom. The topological polar surface area (TPSA) is 12.1 Å². The van der Waals surface area contributed by atoms with Gasteiger partial charge in [0.1, 0.15) is 18.4 Å². The van der Waals surface area contributed by atoms with E-state index in [0.29, 0.717) is 18.0 Å². The molecule has 4 heteroatoms. The summed E-state index contributed by atoms with van der Waals surface area (Å²) in [6, 6.07) is 10.9. The molecule has 0 aliphatic carbocycles. The van der Waals surface area contributed by atoms with E-state index in [9.17, 15) is 0 Å². The maximum atomic E-state index is 2.65. The Bertz CT molecular complexity index is 939. The Balaban J connectivity index is 2.26. The molecule has 2 rings (SSSR count). The van der Waals surface area contributed by atoms with Gasteiger partial charge >= 0.3 is 0 Å². The molecule has 0 N–H and O–H groups in total. The van der Waals surface area contributed by atoms with E-state index in [0.717, 1.165) is 13.1 Å². The average Bonchev–Trinajstić information content (AvgIpc) is 3.41. The normalized spacial score (nSPS) is 14.2. The van der Waals surface area contributed by atoms with E-state index >= 15 is 0 Å². The molecule has 0 aliphatic rings. The maximum Gasteiger partial charge on any atom is 0.243 e. The first-order chi connectivity index (χ1) is 19.6. The van der Waals surface area contributed by atoms with Crippen LogP contribution in [0.15, 0.2) is 43.0 Å². The number of hydrogen-bond donors (Lipinski definition) is 0. The van der Waals surface area contributed by atoms with E-state index in [1.54, 1.807) is 5.56 Å². The van der Waals surface area contributed by atoms with Gasteiger partial charge in [-0.3, -0.25) is 4.90 Å². The van der Waals surface area contributed by atoms with Crippen LogP contribution in [-0.2, 0) is 12.7 Å². The number of nitrogens with zero attached hydrogens (tertiary/aromatic N) is 3. The third-order valence-electron chi connectivity index (χ3n) is 9.46. The lowest BCUT2D eigenvalue weighted by atomic mass is 9.80. The zero-order valence-corrected chi connectivity index (χ0v) is 29.9. The number of imidazole rings is 1. The summed E-state index contributed by atoms with van der Waals surface area (Å²) >= 11 is 0. The highest BCUT2D eigenvalue weighted by Gasteiger charge is 2.38. The fourth-order valence-electron chi connectivity index (χ4n) is 7.25. The molecule has 41 heavy (non-hydrogen) atoms. The van der Waals surface area contributed by atoms with Gasteiger partial charge in [0.05, 0.1) is 31.2 Å². The van der Waals surface area contributed by atoms with Crippen LogP contribution in [0.25, 0.3) is 0 Å². The van der Waals surface area contributed by atoms with E-state index in [4.69, 9.17) is 0 Å². The summed E-state index contributed by atoms with van der Waals surface area (Å²) in [6.07, 6.45) is 23.3. The summed E-state index contributed by atoms with van der Waals surface area (Å²) < 4.78 is 4.77. The van der Waals surface area contributed by atoms with Crippen LogP contribution in [0.4, 0.5) is 0 Å². The molecule has 0 saturated carbocycles. The van der Waals surface area contributed by atoms with Crippen molar-refractivity contribution in [3.05, 3.63) is 54.1 Å². The van der Waals surface area contributed by atoms with Crippen molar-refractivity contribution in [3.63, 3.8) is 0 Å². The number of aryl methyl sites for hydroxylation is 1. The molecule has 0 spiro atoms. The van der Waals surface area contributed by atoms with Gasteiger partial charge in [0.15, 0.2) is 0 Å². The SMILES string of the molecule is CCCC[P+](CCCC)(CCCC)Cc1ccc(C(C(C)C)N(C)CC(C)(C)C(CCC)n2cc[n+](CC)c2)cc1. The molecule has 2 unspecified atom stereocenters. The van der Waals surface area contributed by atoms with Gasteiger partial charge in [-0.25, -0.2) is 9.13 Å². The number of rotatable bonds is 21. The van der Waals surface area contributed by atoms with Crippen molar-refractivity contribution in [1.82, 2.24) is 9.47 Å². The summed E-state index contributed by atoms with van der Waals surface area (Å²) in [6.45, 7) is 23.5. The maximum absolute atomic E-state index is 2.65. The molecule has 1 aromatic carbocycles. The Kier molecular flexibility index (Phi) is 15.7. The van der Waals surface area contributed by atoms with Crippen molar-refractivity contribution in [2.45, 2.75) is 138 Å². The van der Waals surface area contributed by atoms with Crippen molar-refractivity contribution < 1.29 is 4.57 Å². The molecule has 0 aliphatic heterocycles. The molecular weight excluding hydrogens is 517 g/mol. The van der Waals surface area contributed by atoms with Gasteiger partial charge in [0.25, 0.3) is 0 Å². The summed E-state index contributed by atoms with van der Waals surface area (Å²) in [7, 11) is 1.43. The van der Waals surface area contributed by atoms with Gasteiger partial charge in [-0.05, 0) is 56.7 Å². The highest BCUT2D eigenvalue weighted by molar-refractivity contribution is 7.75. The molecular formula is C37H68N3P+2. The van der Waals surface area contributed by atoms with Gasteiger partial charge in [0, 0.05) is 25.3 Å². The van der Waals surface area contributed by atoms with Gasteiger partial charge in [-0.1, -0.05) is 105 Å². The lowest BCUT2D eigenvalue weighted by Crippen LogP contribution is -2.41. The number of benzene rings is 1. The Morgan fingerprint density at radius 3 is 1.85 bits per heavy atom. The minimum atomic E-state index is -0.935. The highest BCUT2D eigenvalue weighted by Crippen LogP contribution is 2.63. The quantitative estimate of drug-likeness (QED) is 0.105. The first kappa shape index (κ1) is 36.0. The highest BCUT2D eigenvalue weighted by atomic mass is 31.2. The Labute approximate surface area is 256 Å². The lowest BCUT2D eigenvalue weighted by Gasteiger charge is -2.40. The van der Waals surface area contributed by atoms with Crippen molar-refractivity contribution in [2.75, 3.05) is 32.1 Å². The predicted molar refractivity (Wildman–Crippen MR) is 185 cm³/mol. The van der Waals surface area contributed by atoms with E-state index in [1.807, 2.05) is 0 Å². The second kappa shape index (κ2) is 17.8. The molecule has 1 aromatic heterocycles. The molecule has 0 radical (unpaired) electrons. The fraction of sp³-hybridized carbons (Fsp3) is 0.757. The van der Waals surface area contributed by atoms with E-state index < -0.39 is 7.26 Å². The summed E-state index contributed by atoms with van der Waals surface area (Å²) in [5.74, 6) is 0.561. The first-order valence-electron chi connectivity index (χ1n) is 17.3. The van der Waals surface area contributed by atoms with Gasteiger partial charge in [-0.15, -0.1) is 0 Å². The van der Waals surface area contributed by atoms with Crippen LogP contribution in [-0.4, -0.2) is 41.5 Å². The second-order valence-electron chi connectivity index (χ2n) is 14.1. The third kappa shape index (κ3) is 10.8. The van der Waals surface area contributed by atoms with Crippen LogP contribution in [0.1, 0.15) is 137 Å². The third-order valence-corrected chi connectivity index (χ3v) is 14.3. The standard InChI is InChI=1S/C37H68N3P/c1-11-16-26-41(27-17-12-2,28-18-13-3)29-33-20-22-34(23-21-33)36(32(6)7)38(10)30-37(8,9)35(19-14-4)40-25-24-39(15-5)31-40/h20-25,31-32,35-36H,11-19,26-30H2,1-10H3/q+2. The van der Waals surface area contributed by atoms with Gasteiger partial charge in [-0.2, -0.15) is 0 Å². The smallest absolute Gasteiger partial charge is 0.243 e. The largest absolute Gasteiger partial charge is 0.298 e. The number of aromatic nitrogens is 2. The van der Waals surface area contributed by atoms with Crippen LogP contribution in [0.2, 0.25) is 0 Å². The van der Waals surface area contributed by atoms with Crippen LogP contribution < -0.4 is 4.57 Å². The minimum absolute atomic E-state index is 0.157. The van der Waals surface area contributed by atoms with Crippen molar-refractivity contribution in [2.24, 2.45) is 11.3 Å².